The van der Waals surface area contributed by atoms with Crippen LogP contribution in [0.4, 0.5) is 0 Å². The Balaban J connectivity index is 1.49. The van der Waals surface area contributed by atoms with E-state index in [1.54, 1.807) is 23.1 Å². The molecule has 1 amide bonds. The van der Waals surface area contributed by atoms with Crippen molar-refractivity contribution in [1.29, 1.82) is 0 Å². The molecule has 4 rings (SSSR count). The van der Waals surface area contributed by atoms with Crippen LogP contribution < -0.4 is 5.32 Å². The molecule has 2 aliphatic rings. The third kappa shape index (κ3) is 2.58. The molecule has 4 nitrogen and oxygen atoms in total. The normalized spacial score (nSPS) is 27.5. The Morgan fingerprint density at radius 1 is 1.41 bits per heavy atom. The maximum Gasteiger partial charge on any atom is 0.237 e. The Morgan fingerprint density at radius 2 is 2.36 bits per heavy atom. The minimum Gasteiger partial charge on any atom is -0.350 e. The second kappa shape index (κ2) is 6.08. The van der Waals surface area contributed by atoms with E-state index < -0.39 is 0 Å². The average Bonchev–Trinajstić information content (AvgIpc) is 3.27. The number of fused-ring (bicyclic) bond motifs is 1. The quantitative estimate of drug-likeness (QED) is 0.938. The SMILES string of the molecule is O=C(NC1CCCC1n1ccnc1)C1SCCc2sccc21. The molecule has 0 aromatic carbocycles. The summed E-state index contributed by atoms with van der Waals surface area (Å²) in [7, 11) is 0. The molecule has 2 aromatic rings. The molecule has 3 atom stereocenters. The van der Waals surface area contributed by atoms with Gasteiger partial charge >= 0.3 is 0 Å². The zero-order valence-corrected chi connectivity index (χ0v) is 13.9. The van der Waals surface area contributed by atoms with Crippen molar-refractivity contribution in [2.24, 2.45) is 0 Å². The Labute approximate surface area is 138 Å². The van der Waals surface area contributed by atoms with Crippen molar-refractivity contribution in [1.82, 2.24) is 14.9 Å². The maximum atomic E-state index is 12.8. The molecular weight excluding hydrogens is 314 g/mol. The number of thioether (sulfide) groups is 1. The number of nitrogens with zero attached hydrogens (tertiary/aromatic N) is 2. The van der Waals surface area contributed by atoms with E-state index in [0.717, 1.165) is 31.4 Å². The Kier molecular flexibility index (Phi) is 3.96. The van der Waals surface area contributed by atoms with E-state index in [1.165, 1.54) is 10.4 Å². The van der Waals surface area contributed by atoms with Gasteiger partial charge in [0, 0.05) is 23.3 Å². The standard InChI is InChI=1S/C16H19N3OS2/c20-16(15-11-4-8-21-14(11)5-9-22-15)18-12-2-1-3-13(12)19-7-6-17-10-19/h4,6-8,10,12-13,15H,1-3,5,9H2,(H,18,20). The summed E-state index contributed by atoms with van der Waals surface area (Å²) >= 11 is 3.56. The highest BCUT2D eigenvalue weighted by atomic mass is 32.2. The first-order valence-corrected chi connectivity index (χ1v) is 9.71. The zero-order valence-electron chi connectivity index (χ0n) is 12.3. The second-order valence-electron chi connectivity index (χ2n) is 5.92. The van der Waals surface area contributed by atoms with Crippen molar-refractivity contribution in [3.63, 3.8) is 0 Å². The minimum absolute atomic E-state index is 0.0287. The fourth-order valence-corrected chi connectivity index (χ4v) is 5.86. The van der Waals surface area contributed by atoms with Gasteiger partial charge in [-0.25, -0.2) is 4.98 Å². The molecule has 22 heavy (non-hydrogen) atoms. The van der Waals surface area contributed by atoms with Crippen LogP contribution in [0.2, 0.25) is 0 Å². The maximum absolute atomic E-state index is 12.8. The number of rotatable bonds is 3. The van der Waals surface area contributed by atoms with E-state index in [1.807, 2.05) is 18.7 Å². The summed E-state index contributed by atoms with van der Waals surface area (Å²) in [4.78, 5) is 18.3. The number of aryl methyl sites for hydroxylation is 1. The van der Waals surface area contributed by atoms with E-state index in [2.05, 4.69) is 26.3 Å². The molecular formula is C16H19N3OS2. The van der Waals surface area contributed by atoms with Gasteiger partial charge in [-0.3, -0.25) is 4.79 Å². The van der Waals surface area contributed by atoms with Crippen LogP contribution in [0.5, 0.6) is 0 Å². The van der Waals surface area contributed by atoms with Crippen LogP contribution in [0.3, 0.4) is 0 Å². The Hall–Kier alpha value is -1.27. The Morgan fingerprint density at radius 3 is 3.23 bits per heavy atom. The lowest BCUT2D eigenvalue weighted by Gasteiger charge is -2.26. The number of thiophene rings is 1. The molecule has 2 aromatic heterocycles. The molecule has 0 spiro atoms. The highest BCUT2D eigenvalue weighted by Crippen LogP contribution is 2.40. The van der Waals surface area contributed by atoms with Gasteiger partial charge in [0.2, 0.25) is 5.91 Å². The van der Waals surface area contributed by atoms with Crippen LogP contribution in [0.1, 0.15) is 41.0 Å². The summed E-state index contributed by atoms with van der Waals surface area (Å²) in [5, 5.41) is 5.40. The first-order valence-electron chi connectivity index (χ1n) is 7.78. The fraction of sp³-hybridized carbons (Fsp3) is 0.500. The third-order valence-electron chi connectivity index (χ3n) is 4.63. The van der Waals surface area contributed by atoms with Crippen molar-refractivity contribution in [3.05, 3.63) is 40.6 Å². The third-order valence-corrected chi connectivity index (χ3v) is 6.87. The van der Waals surface area contributed by atoms with Crippen molar-refractivity contribution < 1.29 is 4.79 Å². The molecule has 0 saturated heterocycles. The molecule has 3 unspecified atom stereocenters. The summed E-state index contributed by atoms with van der Waals surface area (Å²) in [5.41, 5.74) is 1.23. The Bertz CT molecular complexity index is 652. The molecule has 1 aliphatic carbocycles. The second-order valence-corrected chi connectivity index (χ2v) is 8.14. The summed E-state index contributed by atoms with van der Waals surface area (Å²) in [6.45, 7) is 0. The van der Waals surface area contributed by atoms with E-state index in [4.69, 9.17) is 0 Å². The van der Waals surface area contributed by atoms with E-state index >= 15 is 0 Å². The predicted octanol–water partition coefficient (Wildman–Crippen LogP) is 3.19. The van der Waals surface area contributed by atoms with Crippen LogP contribution in [0.25, 0.3) is 0 Å². The number of amides is 1. The molecule has 3 heterocycles. The van der Waals surface area contributed by atoms with Gasteiger partial charge in [-0.05, 0) is 48.4 Å². The molecule has 1 fully saturated rings. The largest absolute Gasteiger partial charge is 0.350 e. The number of imidazole rings is 1. The number of aromatic nitrogens is 2. The van der Waals surface area contributed by atoms with E-state index in [9.17, 15) is 4.79 Å². The van der Waals surface area contributed by atoms with Crippen LogP contribution in [-0.4, -0.2) is 27.3 Å². The lowest BCUT2D eigenvalue weighted by molar-refractivity contribution is -0.121. The first kappa shape index (κ1) is 14.3. The molecule has 6 heteroatoms. The highest BCUT2D eigenvalue weighted by molar-refractivity contribution is 8.00. The monoisotopic (exact) mass is 333 g/mol. The smallest absolute Gasteiger partial charge is 0.237 e. The van der Waals surface area contributed by atoms with Crippen molar-refractivity contribution >= 4 is 29.0 Å². The number of carbonyl (C=O) groups is 1. The van der Waals surface area contributed by atoms with Gasteiger partial charge in [0.05, 0.1) is 12.4 Å². The van der Waals surface area contributed by atoms with Crippen LogP contribution in [-0.2, 0) is 11.2 Å². The number of carbonyl (C=O) groups excluding carboxylic acids is 1. The van der Waals surface area contributed by atoms with Gasteiger partial charge in [0.15, 0.2) is 0 Å². The minimum atomic E-state index is -0.0287. The molecule has 1 N–H and O–H groups in total. The molecule has 1 aliphatic heterocycles. The predicted molar refractivity (Wildman–Crippen MR) is 90.3 cm³/mol. The van der Waals surface area contributed by atoms with E-state index in [-0.39, 0.29) is 17.2 Å². The molecule has 0 bridgehead atoms. The topological polar surface area (TPSA) is 46.9 Å². The van der Waals surface area contributed by atoms with Gasteiger partial charge in [-0.2, -0.15) is 0 Å². The molecule has 1 saturated carbocycles. The van der Waals surface area contributed by atoms with Gasteiger partial charge in [0.25, 0.3) is 0 Å². The first-order chi connectivity index (χ1) is 10.8. The summed E-state index contributed by atoms with van der Waals surface area (Å²) in [5.74, 6) is 1.22. The fourth-order valence-electron chi connectivity index (χ4n) is 3.55. The lowest BCUT2D eigenvalue weighted by Crippen LogP contribution is -2.40. The lowest BCUT2D eigenvalue weighted by atomic mass is 10.1. The number of nitrogens with one attached hydrogen (secondary N) is 1. The van der Waals surface area contributed by atoms with Gasteiger partial charge in [-0.15, -0.1) is 23.1 Å². The van der Waals surface area contributed by atoms with Crippen molar-refractivity contribution in [3.8, 4) is 0 Å². The van der Waals surface area contributed by atoms with E-state index in [0.29, 0.717) is 6.04 Å². The van der Waals surface area contributed by atoms with Gasteiger partial charge < -0.3 is 9.88 Å². The van der Waals surface area contributed by atoms with Crippen LogP contribution >= 0.6 is 23.1 Å². The van der Waals surface area contributed by atoms with Crippen LogP contribution in [0.15, 0.2) is 30.2 Å². The summed E-state index contributed by atoms with van der Waals surface area (Å²) in [6, 6.07) is 2.70. The average molecular weight is 333 g/mol. The van der Waals surface area contributed by atoms with Crippen molar-refractivity contribution in [2.75, 3.05) is 5.75 Å². The molecule has 0 radical (unpaired) electrons. The summed E-state index contributed by atoms with van der Waals surface area (Å²) in [6.07, 6.45) is 10.1. The number of hydrogen-bond acceptors (Lipinski definition) is 4. The summed E-state index contributed by atoms with van der Waals surface area (Å²) < 4.78 is 2.14. The highest BCUT2D eigenvalue weighted by Gasteiger charge is 2.34. The molecule has 116 valence electrons. The van der Waals surface area contributed by atoms with Crippen LogP contribution in [0, 0.1) is 0 Å². The van der Waals surface area contributed by atoms with Gasteiger partial charge in [0.1, 0.15) is 5.25 Å². The van der Waals surface area contributed by atoms with Crippen molar-refractivity contribution in [2.45, 2.75) is 43.0 Å². The zero-order chi connectivity index (χ0) is 14.9. The van der Waals surface area contributed by atoms with Gasteiger partial charge in [-0.1, -0.05) is 0 Å². The number of hydrogen-bond donors (Lipinski definition) is 1.